The molecule has 2 N–H and O–H groups in total. The molecule has 0 unspecified atom stereocenters. The number of hydrogen-bond acceptors (Lipinski definition) is 3. The minimum absolute atomic E-state index is 0.0569. The molecule has 3 aromatic rings. The summed E-state index contributed by atoms with van der Waals surface area (Å²) in [5.74, 6) is -2.46. The summed E-state index contributed by atoms with van der Waals surface area (Å²) in [6.45, 7) is 6.37. The summed E-state index contributed by atoms with van der Waals surface area (Å²) in [7, 11) is 0. The van der Waals surface area contributed by atoms with Crippen LogP contribution in [0.4, 0.5) is 25.8 Å². The van der Waals surface area contributed by atoms with E-state index < -0.39 is 17.5 Å². The van der Waals surface area contributed by atoms with Crippen LogP contribution in [0.1, 0.15) is 36.7 Å². The van der Waals surface area contributed by atoms with Crippen LogP contribution in [0.25, 0.3) is 0 Å². The second kappa shape index (κ2) is 7.76. The van der Waals surface area contributed by atoms with Gasteiger partial charge in [0.2, 0.25) is 0 Å². The van der Waals surface area contributed by atoms with Crippen molar-refractivity contribution in [3.63, 3.8) is 0 Å². The van der Waals surface area contributed by atoms with Crippen LogP contribution in [0, 0.1) is 11.6 Å². The van der Waals surface area contributed by atoms with Crippen LogP contribution in [-0.2, 0) is 5.41 Å². The third kappa shape index (κ3) is 4.52. The third-order valence-electron chi connectivity index (χ3n) is 4.19. The van der Waals surface area contributed by atoms with Crippen LogP contribution >= 0.6 is 0 Å². The van der Waals surface area contributed by atoms with Crippen molar-refractivity contribution in [1.82, 2.24) is 4.98 Å². The summed E-state index contributed by atoms with van der Waals surface area (Å²) in [6.07, 6.45) is 3.03. The van der Waals surface area contributed by atoms with Gasteiger partial charge in [-0.15, -0.1) is 0 Å². The molecule has 0 fully saturated rings. The molecule has 6 heteroatoms. The summed E-state index contributed by atoms with van der Waals surface area (Å²) < 4.78 is 26.4. The maximum Gasteiger partial charge on any atom is 0.257 e. The standard InChI is InChI=1S/C22H21F2N3O/c1-22(2,3)17-6-4-5-7-20(17)26-16-10-14(12-25-13-16)21(28)27-15-8-9-18(23)19(24)11-15/h4-13,26H,1-3H3,(H,27,28). The number of nitrogens with zero attached hydrogens (tertiary/aromatic N) is 1. The first-order valence-corrected chi connectivity index (χ1v) is 8.82. The average molecular weight is 381 g/mol. The third-order valence-corrected chi connectivity index (χ3v) is 4.19. The number of carbonyl (C=O) groups excluding carboxylic acids is 1. The molecule has 0 bridgehead atoms. The van der Waals surface area contributed by atoms with Crippen molar-refractivity contribution in [2.75, 3.05) is 10.6 Å². The van der Waals surface area contributed by atoms with Crippen LogP contribution in [0.15, 0.2) is 60.9 Å². The van der Waals surface area contributed by atoms with Crippen molar-refractivity contribution in [3.05, 3.63) is 83.7 Å². The Kier molecular flexibility index (Phi) is 5.40. The quantitative estimate of drug-likeness (QED) is 0.614. The van der Waals surface area contributed by atoms with Gasteiger partial charge in [-0.25, -0.2) is 8.78 Å². The molecule has 0 spiro atoms. The predicted octanol–water partition coefficient (Wildman–Crippen LogP) is 5.65. The molecular formula is C22H21F2N3O. The highest BCUT2D eigenvalue weighted by atomic mass is 19.2. The summed E-state index contributed by atoms with van der Waals surface area (Å²) in [6, 6.07) is 12.8. The van der Waals surface area contributed by atoms with E-state index in [-0.39, 0.29) is 11.1 Å². The smallest absolute Gasteiger partial charge is 0.257 e. The summed E-state index contributed by atoms with van der Waals surface area (Å²) in [4.78, 5) is 16.6. The molecule has 0 aliphatic rings. The molecule has 0 saturated carbocycles. The highest BCUT2D eigenvalue weighted by molar-refractivity contribution is 6.04. The van der Waals surface area contributed by atoms with Crippen LogP contribution in [0.2, 0.25) is 0 Å². The van der Waals surface area contributed by atoms with Gasteiger partial charge in [0.1, 0.15) is 0 Å². The second-order valence-corrected chi connectivity index (χ2v) is 7.47. The molecule has 4 nitrogen and oxygen atoms in total. The number of carbonyl (C=O) groups is 1. The molecule has 0 aliphatic carbocycles. The Labute approximate surface area is 162 Å². The number of rotatable bonds is 4. The normalized spacial score (nSPS) is 11.2. The number of amides is 1. The molecule has 1 aromatic heterocycles. The Morgan fingerprint density at radius 2 is 1.68 bits per heavy atom. The number of halogens is 2. The number of pyridine rings is 1. The number of hydrogen-bond donors (Lipinski definition) is 2. The monoisotopic (exact) mass is 381 g/mol. The Balaban J connectivity index is 1.81. The zero-order chi connectivity index (χ0) is 20.3. The van der Waals surface area contributed by atoms with E-state index in [1.165, 1.54) is 12.3 Å². The maximum atomic E-state index is 13.3. The fraction of sp³-hybridized carbons (Fsp3) is 0.182. The van der Waals surface area contributed by atoms with Crippen molar-refractivity contribution in [2.45, 2.75) is 26.2 Å². The van der Waals surface area contributed by atoms with Gasteiger partial charge in [0.25, 0.3) is 5.91 Å². The van der Waals surface area contributed by atoms with Crippen molar-refractivity contribution in [1.29, 1.82) is 0 Å². The summed E-state index contributed by atoms with van der Waals surface area (Å²) in [5.41, 5.74) is 3.11. The van der Waals surface area contributed by atoms with E-state index in [4.69, 9.17) is 0 Å². The second-order valence-electron chi connectivity index (χ2n) is 7.47. The highest BCUT2D eigenvalue weighted by Gasteiger charge is 2.18. The first-order valence-electron chi connectivity index (χ1n) is 8.82. The molecule has 0 radical (unpaired) electrons. The predicted molar refractivity (Wildman–Crippen MR) is 107 cm³/mol. The van der Waals surface area contributed by atoms with Gasteiger partial charge in [0, 0.05) is 23.6 Å². The van der Waals surface area contributed by atoms with Crippen molar-refractivity contribution in [2.24, 2.45) is 0 Å². The van der Waals surface area contributed by atoms with Gasteiger partial charge in [-0.2, -0.15) is 0 Å². The van der Waals surface area contributed by atoms with Gasteiger partial charge < -0.3 is 10.6 Å². The highest BCUT2D eigenvalue weighted by Crippen LogP contribution is 2.31. The van der Waals surface area contributed by atoms with E-state index in [1.807, 2.05) is 18.2 Å². The van der Waals surface area contributed by atoms with E-state index in [0.717, 1.165) is 23.4 Å². The SMILES string of the molecule is CC(C)(C)c1ccccc1Nc1cncc(C(=O)Nc2ccc(F)c(F)c2)c1. The molecule has 28 heavy (non-hydrogen) atoms. The van der Waals surface area contributed by atoms with Crippen LogP contribution < -0.4 is 10.6 Å². The van der Waals surface area contributed by atoms with E-state index in [2.05, 4.69) is 42.5 Å². The van der Waals surface area contributed by atoms with Gasteiger partial charge in [-0.05, 0) is 35.2 Å². The van der Waals surface area contributed by atoms with Crippen LogP contribution in [-0.4, -0.2) is 10.9 Å². The molecule has 2 aromatic carbocycles. The lowest BCUT2D eigenvalue weighted by Crippen LogP contribution is -2.14. The molecule has 3 rings (SSSR count). The molecule has 0 aliphatic heterocycles. The lowest BCUT2D eigenvalue weighted by atomic mass is 9.86. The van der Waals surface area contributed by atoms with E-state index in [9.17, 15) is 13.6 Å². The topological polar surface area (TPSA) is 54.0 Å². The summed E-state index contributed by atoms with van der Waals surface area (Å²) in [5, 5.41) is 5.84. The van der Waals surface area contributed by atoms with E-state index >= 15 is 0 Å². The van der Waals surface area contributed by atoms with E-state index in [1.54, 1.807) is 12.3 Å². The fourth-order valence-electron chi connectivity index (χ4n) is 2.81. The summed E-state index contributed by atoms with van der Waals surface area (Å²) >= 11 is 0. The number of benzene rings is 2. The Morgan fingerprint density at radius 3 is 2.39 bits per heavy atom. The van der Waals surface area contributed by atoms with Crippen molar-refractivity contribution in [3.8, 4) is 0 Å². The number of anilines is 3. The van der Waals surface area contributed by atoms with Crippen LogP contribution in [0.3, 0.4) is 0 Å². The van der Waals surface area contributed by atoms with Gasteiger partial charge in [-0.3, -0.25) is 9.78 Å². The Hall–Kier alpha value is -3.28. The van der Waals surface area contributed by atoms with Gasteiger partial charge in [0.15, 0.2) is 11.6 Å². The maximum absolute atomic E-state index is 13.3. The molecule has 0 saturated heterocycles. The van der Waals surface area contributed by atoms with Crippen LogP contribution in [0.5, 0.6) is 0 Å². The molecule has 1 heterocycles. The molecule has 144 valence electrons. The van der Waals surface area contributed by atoms with Gasteiger partial charge in [-0.1, -0.05) is 39.0 Å². The zero-order valence-corrected chi connectivity index (χ0v) is 15.9. The van der Waals surface area contributed by atoms with Gasteiger partial charge >= 0.3 is 0 Å². The minimum atomic E-state index is -1.02. The average Bonchev–Trinajstić information content (AvgIpc) is 2.64. The number of para-hydroxylation sites is 1. The lowest BCUT2D eigenvalue weighted by molar-refractivity contribution is 0.102. The Bertz CT molecular complexity index is 1010. The minimum Gasteiger partial charge on any atom is -0.354 e. The largest absolute Gasteiger partial charge is 0.354 e. The molecule has 1 amide bonds. The first kappa shape index (κ1) is 19.5. The fourth-order valence-corrected chi connectivity index (χ4v) is 2.81. The van der Waals surface area contributed by atoms with Crippen molar-refractivity contribution >= 4 is 23.0 Å². The lowest BCUT2D eigenvalue weighted by Gasteiger charge is -2.23. The zero-order valence-electron chi connectivity index (χ0n) is 15.9. The molecule has 0 atom stereocenters. The number of aromatic nitrogens is 1. The molecular weight excluding hydrogens is 360 g/mol. The van der Waals surface area contributed by atoms with Gasteiger partial charge in [0.05, 0.1) is 17.4 Å². The van der Waals surface area contributed by atoms with E-state index in [0.29, 0.717) is 11.3 Å². The Morgan fingerprint density at radius 1 is 0.929 bits per heavy atom. The number of nitrogens with one attached hydrogen (secondary N) is 2. The van der Waals surface area contributed by atoms with Crippen molar-refractivity contribution < 1.29 is 13.6 Å². The first-order chi connectivity index (χ1) is 13.2.